The molecular formula is C26H22N2Pd. The fraction of sp³-hybridized carbons (Fsp3) is 0. The molecule has 0 atom stereocenters. The van der Waals surface area contributed by atoms with Crippen LogP contribution in [0.1, 0.15) is 11.1 Å². The molecule has 1 aliphatic rings. The summed E-state index contributed by atoms with van der Waals surface area (Å²) in [6, 6.07) is 32.9. The zero-order chi connectivity index (χ0) is 17.3. The third kappa shape index (κ3) is 4.12. The van der Waals surface area contributed by atoms with Gasteiger partial charge in [-0.3, -0.25) is 0 Å². The molecule has 0 aromatic heterocycles. The molecule has 0 aliphatic heterocycles. The maximum atomic E-state index is 4.96. The SMILES string of the molecule is [CH3-].[CH3-].[Pd+2].c1ccc(N=C2C(=Nc3ccccc3)c3cccc4cccc2c34)cc1. The van der Waals surface area contributed by atoms with Gasteiger partial charge in [0, 0.05) is 16.5 Å². The molecule has 0 amide bonds. The molecule has 0 bridgehead atoms. The minimum absolute atomic E-state index is 0. The van der Waals surface area contributed by atoms with Crippen molar-refractivity contribution in [2.45, 2.75) is 0 Å². The van der Waals surface area contributed by atoms with Crippen LogP contribution in [0.25, 0.3) is 10.8 Å². The molecule has 0 N–H and O–H groups in total. The summed E-state index contributed by atoms with van der Waals surface area (Å²) < 4.78 is 0. The van der Waals surface area contributed by atoms with Gasteiger partial charge in [-0.15, -0.1) is 0 Å². The van der Waals surface area contributed by atoms with Crippen LogP contribution in [0, 0.1) is 14.9 Å². The number of hydrogen-bond acceptors (Lipinski definition) is 2. The Morgan fingerprint density at radius 3 is 1.28 bits per heavy atom. The van der Waals surface area contributed by atoms with Gasteiger partial charge < -0.3 is 14.9 Å². The first-order valence-electron chi connectivity index (χ1n) is 8.70. The minimum atomic E-state index is 0. The van der Waals surface area contributed by atoms with Gasteiger partial charge in [-0.25, -0.2) is 9.98 Å². The van der Waals surface area contributed by atoms with Crippen LogP contribution in [0.5, 0.6) is 0 Å². The predicted octanol–water partition coefficient (Wildman–Crippen LogP) is 6.99. The van der Waals surface area contributed by atoms with E-state index in [1.54, 1.807) is 0 Å². The van der Waals surface area contributed by atoms with Crippen LogP contribution in [0.15, 0.2) is 107 Å². The predicted molar refractivity (Wildman–Crippen MR) is 122 cm³/mol. The van der Waals surface area contributed by atoms with Gasteiger partial charge in [-0.2, -0.15) is 0 Å². The van der Waals surface area contributed by atoms with Crippen LogP contribution in [-0.4, -0.2) is 11.4 Å². The van der Waals surface area contributed by atoms with E-state index in [1.807, 2.05) is 60.7 Å². The monoisotopic (exact) mass is 468 g/mol. The fourth-order valence-corrected chi connectivity index (χ4v) is 3.48. The van der Waals surface area contributed by atoms with E-state index in [0.717, 1.165) is 33.9 Å². The van der Waals surface area contributed by atoms with E-state index >= 15 is 0 Å². The smallest absolute Gasteiger partial charge is 0.358 e. The molecule has 0 fully saturated rings. The van der Waals surface area contributed by atoms with Crippen molar-refractivity contribution < 1.29 is 20.4 Å². The summed E-state index contributed by atoms with van der Waals surface area (Å²) >= 11 is 0. The first kappa shape index (κ1) is 22.4. The second kappa shape index (κ2) is 9.56. The number of rotatable bonds is 2. The van der Waals surface area contributed by atoms with Gasteiger partial charge in [0.05, 0.1) is 22.8 Å². The molecule has 1 aliphatic carbocycles. The molecule has 0 saturated heterocycles. The van der Waals surface area contributed by atoms with E-state index in [2.05, 4.69) is 36.4 Å². The average molecular weight is 469 g/mol. The van der Waals surface area contributed by atoms with Crippen molar-refractivity contribution in [2.75, 3.05) is 0 Å². The van der Waals surface area contributed by atoms with Crippen LogP contribution in [0.2, 0.25) is 0 Å². The Morgan fingerprint density at radius 2 is 0.862 bits per heavy atom. The summed E-state index contributed by atoms with van der Waals surface area (Å²) in [6.45, 7) is 0. The molecule has 2 nitrogen and oxygen atoms in total. The van der Waals surface area contributed by atoms with Gasteiger partial charge in [-0.05, 0) is 29.7 Å². The molecule has 146 valence electrons. The Bertz CT molecular complexity index is 1070. The number of nitrogens with zero attached hydrogens (tertiary/aromatic N) is 2. The molecule has 0 radical (unpaired) electrons. The normalized spacial score (nSPS) is 14.2. The standard InChI is InChI=1S/C24H16N2.2CH3.Pd/c1-3-11-18(12-4-1)25-23-20-15-7-9-17-10-8-16-21(22(17)20)24(23)26-19-13-5-2-6-14-19;;;/h1-16H;2*1H3;/q;2*-1;+2. The van der Waals surface area contributed by atoms with E-state index in [9.17, 15) is 0 Å². The number of benzene rings is 4. The zero-order valence-electron chi connectivity index (χ0n) is 16.4. The molecule has 3 heteroatoms. The molecule has 0 saturated carbocycles. The summed E-state index contributed by atoms with van der Waals surface area (Å²) in [5.74, 6) is 0. The van der Waals surface area contributed by atoms with Gasteiger partial charge >= 0.3 is 20.4 Å². The minimum Gasteiger partial charge on any atom is -0.358 e. The first-order valence-corrected chi connectivity index (χ1v) is 8.70. The summed E-state index contributed by atoms with van der Waals surface area (Å²) in [5.41, 5.74) is 6.05. The Labute approximate surface area is 186 Å². The van der Waals surface area contributed by atoms with Crippen molar-refractivity contribution in [3.63, 3.8) is 0 Å². The van der Waals surface area contributed by atoms with Gasteiger partial charge in [0.1, 0.15) is 0 Å². The third-order valence-electron chi connectivity index (χ3n) is 4.63. The van der Waals surface area contributed by atoms with E-state index in [4.69, 9.17) is 9.98 Å². The molecule has 4 aromatic rings. The average Bonchev–Trinajstić information content (AvgIpc) is 2.99. The molecule has 4 aromatic carbocycles. The summed E-state index contributed by atoms with van der Waals surface area (Å²) in [7, 11) is 0. The first-order chi connectivity index (χ1) is 12.9. The number of aliphatic imine (C=N–C) groups is 2. The van der Waals surface area contributed by atoms with Crippen LogP contribution < -0.4 is 0 Å². The molecule has 29 heavy (non-hydrogen) atoms. The van der Waals surface area contributed by atoms with Crippen molar-refractivity contribution in [3.05, 3.63) is 123 Å². The van der Waals surface area contributed by atoms with Gasteiger partial charge in [-0.1, -0.05) is 72.8 Å². The molecule has 0 unspecified atom stereocenters. The second-order valence-corrected chi connectivity index (χ2v) is 6.30. The summed E-state index contributed by atoms with van der Waals surface area (Å²) in [4.78, 5) is 9.92. The van der Waals surface area contributed by atoms with E-state index in [-0.39, 0.29) is 35.3 Å². The van der Waals surface area contributed by atoms with Crippen molar-refractivity contribution in [2.24, 2.45) is 9.98 Å². The molecule has 5 rings (SSSR count). The van der Waals surface area contributed by atoms with Crippen molar-refractivity contribution in [1.29, 1.82) is 0 Å². The quantitative estimate of drug-likeness (QED) is 0.224. The fourth-order valence-electron chi connectivity index (χ4n) is 3.48. The number of hydrogen-bond donors (Lipinski definition) is 0. The van der Waals surface area contributed by atoms with Gasteiger partial charge in [0.25, 0.3) is 0 Å². The van der Waals surface area contributed by atoms with E-state index < -0.39 is 0 Å². The summed E-state index contributed by atoms with van der Waals surface area (Å²) in [6.07, 6.45) is 0. The maximum Gasteiger partial charge on any atom is 2.00 e. The summed E-state index contributed by atoms with van der Waals surface area (Å²) in [5, 5.41) is 2.46. The van der Waals surface area contributed by atoms with Crippen LogP contribution in [-0.2, 0) is 20.4 Å². The Balaban J connectivity index is 0.000001000. The van der Waals surface area contributed by atoms with Crippen molar-refractivity contribution >= 4 is 33.6 Å². The Hall–Kier alpha value is -2.86. The third-order valence-corrected chi connectivity index (χ3v) is 4.63. The van der Waals surface area contributed by atoms with E-state index in [1.165, 1.54) is 10.8 Å². The Morgan fingerprint density at radius 1 is 0.448 bits per heavy atom. The van der Waals surface area contributed by atoms with Gasteiger partial charge in [0.2, 0.25) is 0 Å². The molecule has 0 spiro atoms. The van der Waals surface area contributed by atoms with Gasteiger partial charge in [0.15, 0.2) is 0 Å². The van der Waals surface area contributed by atoms with Crippen molar-refractivity contribution in [1.82, 2.24) is 0 Å². The van der Waals surface area contributed by atoms with Crippen LogP contribution in [0.4, 0.5) is 11.4 Å². The molecule has 0 heterocycles. The van der Waals surface area contributed by atoms with Crippen LogP contribution in [0.3, 0.4) is 0 Å². The molecular weight excluding hydrogens is 447 g/mol. The van der Waals surface area contributed by atoms with E-state index in [0.29, 0.717) is 0 Å². The Kier molecular flexibility index (Phi) is 7.40. The van der Waals surface area contributed by atoms with Crippen LogP contribution >= 0.6 is 0 Å². The maximum absolute atomic E-state index is 4.96. The topological polar surface area (TPSA) is 24.7 Å². The largest absolute Gasteiger partial charge is 2.00 e. The zero-order valence-corrected chi connectivity index (χ0v) is 18.0. The second-order valence-electron chi connectivity index (χ2n) is 6.30. The number of para-hydroxylation sites is 2. The van der Waals surface area contributed by atoms with Crippen molar-refractivity contribution in [3.8, 4) is 0 Å².